The molecule has 0 fully saturated rings. The average Bonchev–Trinajstić information content (AvgIpc) is 2.77. The molecule has 3 aromatic rings. The number of aromatic amines is 1. The second-order valence-electron chi connectivity index (χ2n) is 3.85. The zero-order chi connectivity index (χ0) is 12.7. The molecule has 0 aliphatic carbocycles. The van der Waals surface area contributed by atoms with Gasteiger partial charge in [0.2, 0.25) is 0 Å². The minimum absolute atomic E-state index is 0.674. The Balaban J connectivity index is 2.26. The first-order valence-electron chi connectivity index (χ1n) is 5.25. The second kappa shape index (κ2) is 4.68. The molecule has 0 saturated heterocycles. The van der Waals surface area contributed by atoms with Crippen LogP contribution < -0.4 is 0 Å². The minimum atomic E-state index is 0.674. The van der Waals surface area contributed by atoms with Crippen molar-refractivity contribution in [2.45, 2.75) is 0 Å². The molecule has 5 heteroatoms. The number of halogens is 3. The Morgan fingerprint density at radius 3 is 2.72 bits per heavy atom. The number of benzene rings is 2. The molecule has 2 aromatic carbocycles. The van der Waals surface area contributed by atoms with E-state index in [1.54, 1.807) is 0 Å². The van der Waals surface area contributed by atoms with Crippen LogP contribution in [0.1, 0.15) is 0 Å². The van der Waals surface area contributed by atoms with E-state index in [1.165, 1.54) is 0 Å². The highest BCUT2D eigenvalue weighted by atomic mass is 79.9. The molecule has 0 aliphatic heterocycles. The molecule has 0 atom stereocenters. The van der Waals surface area contributed by atoms with Crippen molar-refractivity contribution in [1.82, 2.24) is 9.97 Å². The van der Waals surface area contributed by atoms with E-state index in [0.717, 1.165) is 31.4 Å². The minimum Gasteiger partial charge on any atom is -0.338 e. The lowest BCUT2D eigenvalue weighted by Crippen LogP contribution is -1.82. The van der Waals surface area contributed by atoms with Crippen LogP contribution in [0.2, 0.25) is 5.02 Å². The molecule has 1 heterocycles. The van der Waals surface area contributed by atoms with Crippen molar-refractivity contribution in [1.29, 1.82) is 0 Å². The largest absolute Gasteiger partial charge is 0.338 e. The number of para-hydroxylation sites is 1. The van der Waals surface area contributed by atoms with Crippen molar-refractivity contribution in [2.75, 3.05) is 0 Å². The number of hydrogen-bond acceptors (Lipinski definition) is 1. The van der Waals surface area contributed by atoms with Gasteiger partial charge in [0.05, 0.1) is 10.5 Å². The highest BCUT2D eigenvalue weighted by molar-refractivity contribution is 9.11. The summed E-state index contributed by atoms with van der Waals surface area (Å²) < 4.78 is 1.94. The van der Waals surface area contributed by atoms with Crippen molar-refractivity contribution >= 4 is 54.5 Å². The summed E-state index contributed by atoms with van der Waals surface area (Å²) in [5, 5.41) is 0.674. The first kappa shape index (κ1) is 12.2. The summed E-state index contributed by atoms with van der Waals surface area (Å²) in [6.07, 6.45) is 0. The highest BCUT2D eigenvalue weighted by Gasteiger charge is 2.10. The van der Waals surface area contributed by atoms with E-state index in [2.05, 4.69) is 41.8 Å². The van der Waals surface area contributed by atoms with Crippen LogP contribution in [0.5, 0.6) is 0 Å². The van der Waals surface area contributed by atoms with E-state index in [9.17, 15) is 0 Å². The van der Waals surface area contributed by atoms with Crippen molar-refractivity contribution in [3.05, 3.63) is 50.4 Å². The molecular formula is C13H7Br2ClN2. The fraction of sp³-hybridized carbons (Fsp3) is 0. The van der Waals surface area contributed by atoms with Gasteiger partial charge in [-0.15, -0.1) is 0 Å². The first-order chi connectivity index (χ1) is 8.65. The third kappa shape index (κ3) is 2.09. The van der Waals surface area contributed by atoms with Gasteiger partial charge in [-0.1, -0.05) is 33.6 Å². The van der Waals surface area contributed by atoms with Crippen molar-refractivity contribution < 1.29 is 0 Å². The Bertz CT molecular complexity index is 737. The SMILES string of the molecule is Clc1ccc(Br)cc1-c1nc2c(Br)cccc2[nH]1. The predicted octanol–water partition coefficient (Wildman–Crippen LogP) is 5.41. The fourth-order valence-corrected chi connectivity index (χ4v) is 2.83. The molecule has 1 N–H and O–H groups in total. The van der Waals surface area contributed by atoms with Crippen LogP contribution in [-0.4, -0.2) is 9.97 Å². The van der Waals surface area contributed by atoms with Gasteiger partial charge in [-0.2, -0.15) is 0 Å². The molecule has 90 valence electrons. The Hall–Kier alpha value is -0.840. The molecule has 18 heavy (non-hydrogen) atoms. The van der Waals surface area contributed by atoms with Crippen molar-refractivity contribution in [2.24, 2.45) is 0 Å². The second-order valence-corrected chi connectivity index (χ2v) is 6.02. The van der Waals surface area contributed by atoms with Crippen LogP contribution in [0.4, 0.5) is 0 Å². The van der Waals surface area contributed by atoms with Gasteiger partial charge in [-0.25, -0.2) is 4.98 Å². The molecule has 0 spiro atoms. The van der Waals surface area contributed by atoms with E-state index in [1.807, 2.05) is 36.4 Å². The molecule has 0 aliphatic rings. The monoisotopic (exact) mass is 384 g/mol. The number of fused-ring (bicyclic) bond motifs is 1. The van der Waals surface area contributed by atoms with E-state index >= 15 is 0 Å². The van der Waals surface area contributed by atoms with Crippen LogP contribution >= 0.6 is 43.5 Å². The summed E-state index contributed by atoms with van der Waals surface area (Å²) in [4.78, 5) is 7.85. The maximum absolute atomic E-state index is 6.21. The summed E-state index contributed by atoms with van der Waals surface area (Å²) in [5.74, 6) is 0.767. The Labute approximate surface area is 126 Å². The van der Waals surface area contributed by atoms with Crippen LogP contribution in [0.3, 0.4) is 0 Å². The van der Waals surface area contributed by atoms with Crippen LogP contribution in [0.25, 0.3) is 22.4 Å². The van der Waals surface area contributed by atoms with E-state index < -0.39 is 0 Å². The zero-order valence-corrected chi connectivity index (χ0v) is 13.0. The number of nitrogens with zero attached hydrogens (tertiary/aromatic N) is 1. The Kier molecular flexibility index (Phi) is 3.18. The lowest BCUT2D eigenvalue weighted by Gasteiger charge is -2.00. The summed E-state index contributed by atoms with van der Waals surface area (Å²) >= 11 is 13.1. The Morgan fingerprint density at radius 2 is 1.94 bits per heavy atom. The number of hydrogen-bond donors (Lipinski definition) is 1. The normalized spacial score (nSPS) is 11.1. The lowest BCUT2D eigenvalue weighted by atomic mass is 10.2. The first-order valence-corrected chi connectivity index (χ1v) is 7.21. The van der Waals surface area contributed by atoms with Crippen LogP contribution in [0.15, 0.2) is 45.3 Å². The van der Waals surface area contributed by atoms with E-state index in [-0.39, 0.29) is 0 Å². The van der Waals surface area contributed by atoms with Gasteiger partial charge >= 0.3 is 0 Å². The topological polar surface area (TPSA) is 28.7 Å². The predicted molar refractivity (Wildman–Crippen MR) is 81.9 cm³/mol. The Morgan fingerprint density at radius 1 is 1.11 bits per heavy atom. The van der Waals surface area contributed by atoms with Gasteiger partial charge in [0, 0.05) is 14.5 Å². The molecule has 0 radical (unpaired) electrons. The van der Waals surface area contributed by atoms with Gasteiger partial charge in [0.15, 0.2) is 0 Å². The van der Waals surface area contributed by atoms with Crippen molar-refractivity contribution in [3.8, 4) is 11.4 Å². The van der Waals surface area contributed by atoms with Gasteiger partial charge < -0.3 is 4.98 Å². The number of nitrogens with one attached hydrogen (secondary N) is 1. The van der Waals surface area contributed by atoms with Gasteiger partial charge in [-0.3, -0.25) is 0 Å². The molecule has 0 bridgehead atoms. The third-order valence-corrected chi connectivity index (χ3v) is 4.11. The van der Waals surface area contributed by atoms with Gasteiger partial charge in [0.25, 0.3) is 0 Å². The summed E-state index contributed by atoms with van der Waals surface area (Å²) in [5.41, 5.74) is 2.77. The van der Waals surface area contributed by atoms with Crippen LogP contribution in [0, 0.1) is 0 Å². The maximum atomic E-state index is 6.21. The fourth-order valence-electron chi connectivity index (χ4n) is 1.80. The number of H-pyrrole nitrogens is 1. The zero-order valence-electron chi connectivity index (χ0n) is 9.05. The smallest absolute Gasteiger partial charge is 0.140 e. The number of aromatic nitrogens is 2. The molecule has 0 unspecified atom stereocenters. The molecule has 1 aromatic heterocycles. The average molecular weight is 386 g/mol. The molecule has 2 nitrogen and oxygen atoms in total. The highest BCUT2D eigenvalue weighted by Crippen LogP contribution is 2.31. The molecule has 0 amide bonds. The number of rotatable bonds is 1. The molecule has 3 rings (SSSR count). The third-order valence-electron chi connectivity index (χ3n) is 2.65. The maximum Gasteiger partial charge on any atom is 0.140 e. The standard InChI is InChI=1S/C13H7Br2ClN2/c14-7-4-5-10(16)8(6-7)13-17-11-3-1-2-9(15)12(11)18-13/h1-6H,(H,17,18). The quantitative estimate of drug-likeness (QED) is 0.595. The van der Waals surface area contributed by atoms with Crippen molar-refractivity contribution in [3.63, 3.8) is 0 Å². The summed E-state index contributed by atoms with van der Waals surface area (Å²) in [6, 6.07) is 11.6. The van der Waals surface area contributed by atoms with Gasteiger partial charge in [0.1, 0.15) is 11.3 Å². The summed E-state index contributed by atoms with van der Waals surface area (Å²) in [6.45, 7) is 0. The summed E-state index contributed by atoms with van der Waals surface area (Å²) in [7, 11) is 0. The molecule has 0 saturated carbocycles. The number of imidazole rings is 1. The van der Waals surface area contributed by atoms with Crippen LogP contribution in [-0.2, 0) is 0 Å². The molecular weight excluding hydrogens is 379 g/mol. The van der Waals surface area contributed by atoms with E-state index in [4.69, 9.17) is 11.6 Å². The van der Waals surface area contributed by atoms with Gasteiger partial charge in [-0.05, 0) is 46.3 Å². The lowest BCUT2D eigenvalue weighted by molar-refractivity contribution is 1.33. The van der Waals surface area contributed by atoms with E-state index in [0.29, 0.717) is 5.02 Å².